The highest BCUT2D eigenvalue weighted by molar-refractivity contribution is 7.71. The van der Waals surface area contributed by atoms with Crippen molar-refractivity contribution >= 4 is 30.1 Å². The van der Waals surface area contributed by atoms with Gasteiger partial charge in [-0.15, -0.1) is 0 Å². The summed E-state index contributed by atoms with van der Waals surface area (Å²) >= 11 is 5.97. The Hall–Kier alpha value is -6.23. The number of carbonyl (C=O) groups is 3. The molecule has 0 bridgehead atoms. The molecular formula is C42H32N2O7S. The van der Waals surface area contributed by atoms with Crippen LogP contribution in [0.2, 0.25) is 0 Å². The molecule has 1 aliphatic heterocycles. The van der Waals surface area contributed by atoms with Crippen molar-refractivity contribution in [3.05, 3.63) is 179 Å². The molecule has 6 aromatic rings. The Morgan fingerprint density at radius 2 is 1.04 bits per heavy atom. The summed E-state index contributed by atoms with van der Waals surface area (Å²) in [6.45, 7) is -0.333. The molecule has 0 N–H and O–H groups in total. The summed E-state index contributed by atoms with van der Waals surface area (Å²) in [4.78, 5) is 45.3. The van der Waals surface area contributed by atoms with E-state index in [1.807, 2.05) is 66.7 Å². The van der Waals surface area contributed by atoms with E-state index in [0.29, 0.717) is 17.0 Å². The summed E-state index contributed by atoms with van der Waals surface area (Å²) in [6, 6.07) is 46.4. The molecule has 0 amide bonds. The lowest BCUT2D eigenvalue weighted by Crippen LogP contribution is -2.41. The van der Waals surface area contributed by atoms with Gasteiger partial charge in [-0.25, -0.2) is 19.4 Å². The molecule has 9 nitrogen and oxygen atoms in total. The van der Waals surface area contributed by atoms with E-state index in [2.05, 4.69) is 0 Å². The summed E-state index contributed by atoms with van der Waals surface area (Å²) in [5, 5.41) is 0. The largest absolute Gasteiger partial charge is 0.459 e. The lowest BCUT2D eigenvalue weighted by Gasteiger charge is -2.27. The van der Waals surface area contributed by atoms with Crippen LogP contribution in [0.4, 0.5) is 0 Å². The maximum Gasteiger partial charge on any atom is 0.338 e. The van der Waals surface area contributed by atoms with Crippen LogP contribution < -0.4 is 0 Å². The number of carbonyl (C=O) groups excluding carboxylic acids is 3. The first-order valence-electron chi connectivity index (χ1n) is 16.6. The minimum Gasteiger partial charge on any atom is -0.459 e. The zero-order chi connectivity index (χ0) is 35.9. The van der Waals surface area contributed by atoms with Crippen molar-refractivity contribution in [1.82, 2.24) is 9.55 Å². The molecule has 0 unspecified atom stereocenters. The van der Waals surface area contributed by atoms with Gasteiger partial charge in [0.25, 0.3) is 0 Å². The summed E-state index contributed by atoms with van der Waals surface area (Å²) in [5.74, 6) is -1.96. The van der Waals surface area contributed by atoms with Crippen LogP contribution in [-0.4, -0.2) is 52.4 Å². The third-order valence-corrected chi connectivity index (χ3v) is 8.82. The van der Waals surface area contributed by atoms with Crippen LogP contribution >= 0.6 is 12.2 Å². The fourth-order valence-corrected chi connectivity index (χ4v) is 6.29. The van der Waals surface area contributed by atoms with E-state index in [9.17, 15) is 14.4 Å². The molecule has 7 rings (SSSR count). The van der Waals surface area contributed by atoms with Gasteiger partial charge in [0.05, 0.1) is 28.1 Å². The first-order chi connectivity index (χ1) is 25.5. The zero-order valence-electron chi connectivity index (χ0n) is 27.7. The Morgan fingerprint density at radius 1 is 0.596 bits per heavy atom. The normalized spacial score (nSPS) is 17.9. The average Bonchev–Trinajstić information content (AvgIpc) is 3.53. The smallest absolute Gasteiger partial charge is 0.338 e. The minimum atomic E-state index is -1.26. The molecular weight excluding hydrogens is 677 g/mol. The Kier molecular flexibility index (Phi) is 10.4. The highest BCUT2D eigenvalue weighted by Crippen LogP contribution is 2.39. The van der Waals surface area contributed by atoms with Crippen LogP contribution in [-0.2, 0) is 18.9 Å². The highest BCUT2D eigenvalue weighted by atomic mass is 32.1. The standard InChI is InChI=1S/C42H32N2O7S/c45-39(30-20-10-3-11-21-30)48-27-35-36(50-40(46)31-22-12-4-13-23-31)37(51-41(47)32-24-14-5-15-25-32)38(49-35)44-34(29-18-8-2-9-19-29)26-33(43-42(44)52)28-16-6-1-7-17-28/h1-26,35-38H,27H2/t35-,36-,37-,38-/m1/s1. The molecule has 0 radical (unpaired) electrons. The molecule has 1 aliphatic rings. The molecule has 52 heavy (non-hydrogen) atoms. The quantitative estimate of drug-likeness (QED) is 0.0792. The van der Waals surface area contributed by atoms with E-state index in [-0.39, 0.29) is 22.5 Å². The SMILES string of the molecule is O=C(OC[C@H]1O[C@@H](n2c(-c3ccccc3)cc(-c3ccccc3)nc2=S)[C@H](OC(=O)c2ccccc2)[C@@H]1OC(=O)c1ccccc1)c1ccccc1. The van der Waals surface area contributed by atoms with Gasteiger partial charge in [0.1, 0.15) is 12.7 Å². The van der Waals surface area contributed by atoms with E-state index >= 15 is 0 Å². The fraction of sp³-hybridized carbons (Fsp3) is 0.119. The van der Waals surface area contributed by atoms with Crippen LogP contribution in [0.25, 0.3) is 22.5 Å². The number of hydrogen-bond donors (Lipinski definition) is 0. The molecule has 10 heteroatoms. The highest BCUT2D eigenvalue weighted by Gasteiger charge is 2.52. The number of nitrogens with zero attached hydrogens (tertiary/aromatic N) is 2. The van der Waals surface area contributed by atoms with Crippen molar-refractivity contribution in [2.75, 3.05) is 6.61 Å². The maximum atomic E-state index is 13.8. The number of aromatic nitrogens is 2. The maximum absolute atomic E-state index is 13.8. The third-order valence-electron chi connectivity index (χ3n) is 8.53. The number of rotatable bonds is 10. The van der Waals surface area contributed by atoms with Gasteiger partial charge in [0.15, 0.2) is 18.4 Å². The van der Waals surface area contributed by atoms with Gasteiger partial charge in [-0.2, -0.15) is 0 Å². The molecule has 0 spiro atoms. The summed E-state index contributed by atoms with van der Waals surface area (Å²) in [6.07, 6.45) is -4.76. The van der Waals surface area contributed by atoms with Crippen LogP contribution in [0, 0.1) is 4.77 Å². The Labute approximate surface area is 305 Å². The van der Waals surface area contributed by atoms with Crippen molar-refractivity contribution < 1.29 is 33.3 Å². The molecule has 0 saturated carbocycles. The molecule has 1 fully saturated rings. The molecule has 0 aliphatic carbocycles. The van der Waals surface area contributed by atoms with Crippen molar-refractivity contribution in [3.63, 3.8) is 0 Å². The van der Waals surface area contributed by atoms with Gasteiger partial charge < -0.3 is 18.9 Å². The number of hydrogen-bond acceptors (Lipinski definition) is 9. The zero-order valence-corrected chi connectivity index (χ0v) is 28.5. The van der Waals surface area contributed by atoms with E-state index in [0.717, 1.165) is 11.1 Å². The summed E-state index contributed by atoms with van der Waals surface area (Å²) in [5.41, 5.74) is 3.74. The molecule has 2 heterocycles. The lowest BCUT2D eigenvalue weighted by atomic mass is 10.1. The monoisotopic (exact) mass is 708 g/mol. The summed E-state index contributed by atoms with van der Waals surface area (Å²) < 4.78 is 26.5. The average molecular weight is 709 g/mol. The van der Waals surface area contributed by atoms with E-state index in [1.54, 1.807) is 95.6 Å². The van der Waals surface area contributed by atoms with Crippen LogP contribution in [0.1, 0.15) is 37.3 Å². The molecule has 258 valence electrons. The second-order valence-electron chi connectivity index (χ2n) is 11.9. The van der Waals surface area contributed by atoms with Gasteiger partial charge >= 0.3 is 17.9 Å². The number of ether oxygens (including phenoxy) is 4. The first kappa shape index (κ1) is 34.2. The first-order valence-corrected chi connectivity index (χ1v) is 17.0. The number of esters is 3. The Morgan fingerprint density at radius 3 is 1.56 bits per heavy atom. The third kappa shape index (κ3) is 7.58. The van der Waals surface area contributed by atoms with E-state index in [4.69, 9.17) is 36.1 Å². The molecule has 4 atom stereocenters. The predicted molar refractivity (Wildman–Crippen MR) is 196 cm³/mol. The molecule has 1 aromatic heterocycles. The van der Waals surface area contributed by atoms with Crippen molar-refractivity contribution in [2.45, 2.75) is 24.5 Å². The van der Waals surface area contributed by atoms with Gasteiger partial charge in [-0.3, -0.25) is 4.57 Å². The van der Waals surface area contributed by atoms with Crippen LogP contribution in [0.3, 0.4) is 0 Å². The molecule has 5 aromatic carbocycles. The second-order valence-corrected chi connectivity index (χ2v) is 12.3. The van der Waals surface area contributed by atoms with Crippen LogP contribution in [0.15, 0.2) is 158 Å². The van der Waals surface area contributed by atoms with Gasteiger partial charge in [0.2, 0.25) is 4.77 Å². The van der Waals surface area contributed by atoms with E-state index in [1.165, 1.54) is 0 Å². The minimum absolute atomic E-state index is 0.126. The van der Waals surface area contributed by atoms with Crippen LogP contribution in [0.5, 0.6) is 0 Å². The van der Waals surface area contributed by atoms with Gasteiger partial charge in [0, 0.05) is 5.56 Å². The lowest BCUT2D eigenvalue weighted by molar-refractivity contribution is -0.0624. The Balaban J connectivity index is 1.34. The topological polar surface area (TPSA) is 106 Å². The van der Waals surface area contributed by atoms with Crippen molar-refractivity contribution in [1.29, 1.82) is 0 Å². The van der Waals surface area contributed by atoms with Gasteiger partial charge in [-0.05, 0) is 60.2 Å². The second kappa shape index (κ2) is 15.8. The number of benzene rings is 5. The van der Waals surface area contributed by atoms with E-state index < -0.39 is 42.4 Å². The summed E-state index contributed by atoms with van der Waals surface area (Å²) in [7, 11) is 0. The van der Waals surface area contributed by atoms with Crippen molar-refractivity contribution in [3.8, 4) is 22.5 Å². The molecule has 1 saturated heterocycles. The van der Waals surface area contributed by atoms with Crippen molar-refractivity contribution in [2.24, 2.45) is 0 Å². The predicted octanol–water partition coefficient (Wildman–Crippen LogP) is 8.15. The Bertz CT molecular complexity index is 2220. The van der Waals surface area contributed by atoms with Gasteiger partial charge in [-0.1, -0.05) is 115 Å². The fourth-order valence-electron chi connectivity index (χ4n) is 5.99.